The minimum Gasteiger partial charge on any atom is -0.480 e. The molecule has 0 atom stereocenters. The molecule has 0 bridgehead atoms. The Kier molecular flexibility index (Phi) is 11.5. The number of carboxylic acid groups (broad SMARTS) is 2. The Bertz CT molecular complexity index is 235. The number of likely N-dealkylation sites (N-methyl/N-ethyl adjacent to an activating group) is 1. The van der Waals surface area contributed by atoms with Crippen molar-refractivity contribution < 1.29 is 35.1 Å². The zero-order valence-electron chi connectivity index (χ0n) is 10.1. The fourth-order valence-corrected chi connectivity index (χ4v) is 0.732. The van der Waals surface area contributed by atoms with Gasteiger partial charge in [0.05, 0.1) is 38.4 Å². The topological polar surface area (TPSA) is 159 Å². The van der Waals surface area contributed by atoms with Crippen LogP contribution in [0.25, 0.3) is 0 Å². The number of aliphatic hydroxyl groups excluding tert-OH is 3. The van der Waals surface area contributed by atoms with Gasteiger partial charge in [0.1, 0.15) is 0 Å². The summed E-state index contributed by atoms with van der Waals surface area (Å²) in [6, 6.07) is 0. The van der Waals surface area contributed by atoms with Gasteiger partial charge in [0.25, 0.3) is 0 Å². The predicted octanol–water partition coefficient (Wildman–Crippen LogP) is -3.33. The third kappa shape index (κ3) is 9.93. The van der Waals surface area contributed by atoms with E-state index in [1.807, 2.05) is 0 Å². The Hall–Kier alpha value is -1.26. The largest absolute Gasteiger partial charge is 0.480 e. The minimum atomic E-state index is -1.31. The van der Waals surface area contributed by atoms with Gasteiger partial charge >= 0.3 is 11.9 Å². The van der Waals surface area contributed by atoms with E-state index < -0.39 is 43.8 Å². The minimum absolute atomic E-state index is 0.0417. The molecule has 0 aliphatic rings. The average molecular weight is 268 g/mol. The lowest BCUT2D eigenvalue weighted by Gasteiger charge is -2.27. The SMILES string of the molecule is CNCC(=O)O.O=C(O)CNC(CO)(CO)CO. The second-order valence-electron chi connectivity index (χ2n) is 3.43. The van der Waals surface area contributed by atoms with E-state index in [-0.39, 0.29) is 6.54 Å². The third-order valence-electron chi connectivity index (χ3n) is 1.85. The number of aliphatic hydroxyl groups is 3. The van der Waals surface area contributed by atoms with Crippen LogP contribution in [0.15, 0.2) is 0 Å². The number of hydrogen-bond donors (Lipinski definition) is 7. The summed E-state index contributed by atoms with van der Waals surface area (Å²) in [6.07, 6.45) is 0. The molecule has 0 saturated heterocycles. The number of nitrogens with one attached hydrogen (secondary N) is 2. The van der Waals surface area contributed by atoms with Gasteiger partial charge in [0.15, 0.2) is 0 Å². The van der Waals surface area contributed by atoms with Gasteiger partial charge in [-0.25, -0.2) is 0 Å². The van der Waals surface area contributed by atoms with Crippen LogP contribution in [0.5, 0.6) is 0 Å². The standard InChI is InChI=1S/C6H13NO5.C3H7NO2/c8-2-6(3-9,4-10)7-1-5(11)12;1-4-2-3(5)6/h7-10H,1-4H2,(H,11,12);4H,2H2,1H3,(H,5,6). The van der Waals surface area contributed by atoms with E-state index in [2.05, 4.69) is 10.6 Å². The second kappa shape index (κ2) is 10.9. The van der Waals surface area contributed by atoms with Crippen LogP contribution in [0.2, 0.25) is 0 Å². The van der Waals surface area contributed by atoms with Gasteiger partial charge in [-0.3, -0.25) is 14.9 Å². The molecule has 0 spiro atoms. The lowest BCUT2D eigenvalue weighted by Crippen LogP contribution is -2.56. The van der Waals surface area contributed by atoms with E-state index in [4.69, 9.17) is 25.5 Å². The maximum absolute atomic E-state index is 10.1. The predicted molar refractivity (Wildman–Crippen MR) is 61.2 cm³/mol. The summed E-state index contributed by atoms with van der Waals surface area (Å²) in [5.41, 5.74) is -1.31. The normalized spacial score (nSPS) is 10.4. The van der Waals surface area contributed by atoms with Crippen molar-refractivity contribution in [1.82, 2.24) is 10.6 Å². The van der Waals surface area contributed by atoms with Gasteiger partial charge in [-0.2, -0.15) is 0 Å². The lowest BCUT2D eigenvalue weighted by molar-refractivity contribution is -0.137. The average Bonchev–Trinajstić information content (AvgIpc) is 2.32. The number of aliphatic carboxylic acids is 2. The molecule has 7 N–H and O–H groups in total. The van der Waals surface area contributed by atoms with Crippen LogP contribution < -0.4 is 10.6 Å². The molecule has 0 aromatic rings. The van der Waals surface area contributed by atoms with E-state index in [0.29, 0.717) is 0 Å². The first-order valence-corrected chi connectivity index (χ1v) is 5.03. The van der Waals surface area contributed by atoms with Crippen LogP contribution in [-0.2, 0) is 9.59 Å². The van der Waals surface area contributed by atoms with Gasteiger partial charge in [0, 0.05) is 0 Å². The molecule has 0 aromatic heterocycles. The lowest BCUT2D eigenvalue weighted by atomic mass is 10.0. The summed E-state index contributed by atoms with van der Waals surface area (Å²) in [6.45, 7) is -1.94. The molecule has 0 heterocycles. The summed E-state index contributed by atoms with van der Waals surface area (Å²) in [4.78, 5) is 19.6. The number of hydrogen-bond acceptors (Lipinski definition) is 7. The van der Waals surface area contributed by atoms with Crippen LogP contribution in [0.1, 0.15) is 0 Å². The van der Waals surface area contributed by atoms with Gasteiger partial charge < -0.3 is 30.8 Å². The van der Waals surface area contributed by atoms with Crippen molar-refractivity contribution in [1.29, 1.82) is 0 Å². The fraction of sp³-hybridized carbons (Fsp3) is 0.778. The first kappa shape index (κ1) is 19.1. The Balaban J connectivity index is 0. The Morgan fingerprint density at radius 3 is 1.50 bits per heavy atom. The summed E-state index contributed by atoms with van der Waals surface area (Å²) in [5, 5.41) is 47.0. The first-order valence-electron chi connectivity index (χ1n) is 5.03. The number of carboxylic acids is 2. The number of rotatable bonds is 8. The molecular formula is C9H20N2O7. The van der Waals surface area contributed by atoms with Crippen molar-refractivity contribution in [2.45, 2.75) is 5.54 Å². The molecule has 0 aliphatic carbocycles. The Labute approximate surface area is 104 Å². The molecule has 9 heteroatoms. The molecule has 0 unspecified atom stereocenters. The van der Waals surface area contributed by atoms with Gasteiger partial charge in [-0.15, -0.1) is 0 Å². The quantitative estimate of drug-likeness (QED) is 0.239. The summed E-state index contributed by atoms with van der Waals surface area (Å²) in [5.74, 6) is -1.94. The highest BCUT2D eigenvalue weighted by Crippen LogP contribution is 2.00. The van der Waals surface area contributed by atoms with E-state index in [1.54, 1.807) is 7.05 Å². The molecule has 0 radical (unpaired) electrons. The van der Waals surface area contributed by atoms with Gasteiger partial charge in [-0.1, -0.05) is 0 Å². The van der Waals surface area contributed by atoms with E-state index in [0.717, 1.165) is 0 Å². The zero-order chi connectivity index (χ0) is 14.6. The van der Waals surface area contributed by atoms with Crippen LogP contribution in [-0.4, -0.2) is 83.0 Å². The summed E-state index contributed by atoms with van der Waals surface area (Å²) in [7, 11) is 1.59. The maximum Gasteiger partial charge on any atom is 0.317 e. The highest BCUT2D eigenvalue weighted by molar-refractivity contribution is 5.69. The molecule has 0 aromatic carbocycles. The van der Waals surface area contributed by atoms with Gasteiger partial charge in [0.2, 0.25) is 0 Å². The number of carbonyl (C=O) groups is 2. The van der Waals surface area contributed by atoms with Crippen molar-refractivity contribution in [2.24, 2.45) is 0 Å². The molecular weight excluding hydrogens is 248 g/mol. The van der Waals surface area contributed by atoms with Crippen LogP contribution in [0.4, 0.5) is 0 Å². The smallest absolute Gasteiger partial charge is 0.317 e. The Morgan fingerprint density at radius 2 is 1.33 bits per heavy atom. The first-order chi connectivity index (χ1) is 8.37. The van der Waals surface area contributed by atoms with E-state index >= 15 is 0 Å². The molecule has 9 nitrogen and oxygen atoms in total. The molecule has 18 heavy (non-hydrogen) atoms. The van der Waals surface area contributed by atoms with E-state index in [1.165, 1.54) is 0 Å². The third-order valence-corrected chi connectivity index (χ3v) is 1.85. The zero-order valence-corrected chi connectivity index (χ0v) is 10.1. The molecule has 0 saturated carbocycles. The van der Waals surface area contributed by atoms with Crippen molar-refractivity contribution in [2.75, 3.05) is 40.0 Å². The molecule has 0 amide bonds. The highest BCUT2D eigenvalue weighted by Gasteiger charge is 2.27. The summed E-state index contributed by atoms with van der Waals surface area (Å²) < 4.78 is 0. The van der Waals surface area contributed by atoms with Gasteiger partial charge in [-0.05, 0) is 7.05 Å². The molecule has 0 aliphatic heterocycles. The highest BCUT2D eigenvalue weighted by atomic mass is 16.4. The van der Waals surface area contributed by atoms with Crippen molar-refractivity contribution in [3.8, 4) is 0 Å². The van der Waals surface area contributed by atoms with Crippen LogP contribution >= 0.6 is 0 Å². The second-order valence-corrected chi connectivity index (χ2v) is 3.43. The molecule has 108 valence electrons. The monoisotopic (exact) mass is 268 g/mol. The van der Waals surface area contributed by atoms with E-state index in [9.17, 15) is 9.59 Å². The van der Waals surface area contributed by atoms with Crippen molar-refractivity contribution >= 4 is 11.9 Å². The summed E-state index contributed by atoms with van der Waals surface area (Å²) >= 11 is 0. The van der Waals surface area contributed by atoms with Crippen molar-refractivity contribution in [3.05, 3.63) is 0 Å². The Morgan fingerprint density at radius 1 is 0.944 bits per heavy atom. The molecule has 0 fully saturated rings. The van der Waals surface area contributed by atoms with Crippen LogP contribution in [0, 0.1) is 0 Å². The fourth-order valence-electron chi connectivity index (χ4n) is 0.732. The molecule has 0 rings (SSSR count). The van der Waals surface area contributed by atoms with Crippen molar-refractivity contribution in [3.63, 3.8) is 0 Å². The maximum atomic E-state index is 10.1. The van der Waals surface area contributed by atoms with Crippen LogP contribution in [0.3, 0.4) is 0 Å².